The number of anilines is 3. The number of carbonyl (C=O) groups is 2. The van der Waals surface area contributed by atoms with Crippen molar-refractivity contribution in [1.82, 2.24) is 0 Å². The smallest absolute Gasteiger partial charge is 0.296 e. The first-order chi connectivity index (χ1) is 13.7. The predicted molar refractivity (Wildman–Crippen MR) is 109 cm³/mol. The van der Waals surface area contributed by atoms with E-state index in [0.717, 1.165) is 6.07 Å². The molecule has 0 saturated carbocycles. The number of nitrogen functional groups attached to an aromatic ring is 1. The summed E-state index contributed by atoms with van der Waals surface area (Å²) in [4.78, 5) is 25.5. The lowest BCUT2D eigenvalue weighted by Crippen LogP contribution is -2.25. The number of carbonyl (C=O) groups excluding carboxylic acids is 2. The largest absolute Gasteiger partial charge is 0.397 e. The molecule has 0 fully saturated rings. The van der Waals surface area contributed by atoms with E-state index in [1.165, 1.54) is 12.1 Å². The number of benzene rings is 3. The standard InChI is InChI=1S/C20H13ClN2O5S/c21-10-5-7-11(8-6-10)23-14-9-15(29(26,27)28)18(22)17-16(14)19(24)12-3-1-2-4-13(12)20(17)25/h1-9,23H,22H2,(H,26,27,28). The van der Waals surface area contributed by atoms with Gasteiger partial charge >= 0.3 is 0 Å². The molecule has 0 saturated heterocycles. The van der Waals surface area contributed by atoms with Crippen molar-refractivity contribution in [3.05, 3.63) is 81.9 Å². The molecule has 1 aliphatic carbocycles. The molecule has 1 aliphatic rings. The maximum absolute atomic E-state index is 13.2. The van der Waals surface area contributed by atoms with Crippen molar-refractivity contribution in [2.45, 2.75) is 4.90 Å². The second-order valence-electron chi connectivity index (χ2n) is 6.40. The highest BCUT2D eigenvalue weighted by Gasteiger charge is 2.36. The molecule has 0 bridgehead atoms. The monoisotopic (exact) mass is 428 g/mol. The lowest BCUT2D eigenvalue weighted by molar-refractivity contribution is 0.0980. The topological polar surface area (TPSA) is 127 Å². The Hall–Kier alpha value is -3.20. The molecule has 3 aromatic carbocycles. The third-order valence-corrected chi connectivity index (χ3v) is 5.75. The van der Waals surface area contributed by atoms with E-state index in [4.69, 9.17) is 17.3 Å². The molecule has 0 atom stereocenters. The molecule has 0 aromatic heterocycles. The summed E-state index contributed by atoms with van der Waals surface area (Å²) in [6, 6.07) is 13.6. The summed E-state index contributed by atoms with van der Waals surface area (Å²) >= 11 is 5.88. The van der Waals surface area contributed by atoms with Crippen molar-refractivity contribution in [3.63, 3.8) is 0 Å². The van der Waals surface area contributed by atoms with Gasteiger partial charge in [-0.1, -0.05) is 35.9 Å². The van der Waals surface area contributed by atoms with Crippen LogP contribution in [0.5, 0.6) is 0 Å². The van der Waals surface area contributed by atoms with Gasteiger partial charge in [0.05, 0.1) is 22.5 Å². The lowest BCUT2D eigenvalue weighted by Gasteiger charge is -2.23. The minimum Gasteiger partial charge on any atom is -0.397 e. The van der Waals surface area contributed by atoms with Gasteiger partial charge in [0.25, 0.3) is 10.1 Å². The van der Waals surface area contributed by atoms with Crippen LogP contribution in [0.3, 0.4) is 0 Å². The molecular weight excluding hydrogens is 416 g/mol. The number of nitrogens with one attached hydrogen (secondary N) is 1. The molecule has 146 valence electrons. The third-order valence-electron chi connectivity index (χ3n) is 4.60. The molecule has 0 aliphatic heterocycles. The molecule has 0 amide bonds. The third kappa shape index (κ3) is 3.17. The zero-order chi connectivity index (χ0) is 20.9. The fourth-order valence-electron chi connectivity index (χ4n) is 3.29. The van der Waals surface area contributed by atoms with Crippen LogP contribution in [0.2, 0.25) is 5.02 Å². The number of fused-ring (bicyclic) bond motifs is 2. The fraction of sp³-hybridized carbons (Fsp3) is 0. The van der Waals surface area contributed by atoms with Gasteiger partial charge in [0.2, 0.25) is 0 Å². The van der Waals surface area contributed by atoms with Gasteiger partial charge in [-0.25, -0.2) is 0 Å². The van der Waals surface area contributed by atoms with Crippen molar-refractivity contribution in [1.29, 1.82) is 0 Å². The Morgan fingerprint density at radius 3 is 2.00 bits per heavy atom. The maximum atomic E-state index is 13.2. The lowest BCUT2D eigenvalue weighted by atomic mass is 9.82. The Morgan fingerprint density at radius 1 is 0.897 bits per heavy atom. The minimum atomic E-state index is -4.76. The van der Waals surface area contributed by atoms with E-state index < -0.39 is 32.3 Å². The minimum absolute atomic E-state index is 0.0250. The summed E-state index contributed by atoms with van der Waals surface area (Å²) in [6.07, 6.45) is 0. The summed E-state index contributed by atoms with van der Waals surface area (Å²) < 4.78 is 33.3. The molecule has 29 heavy (non-hydrogen) atoms. The van der Waals surface area contributed by atoms with Gasteiger partial charge in [-0.05, 0) is 30.3 Å². The van der Waals surface area contributed by atoms with Crippen LogP contribution in [-0.2, 0) is 10.1 Å². The first-order valence-electron chi connectivity index (χ1n) is 8.33. The van der Waals surface area contributed by atoms with Crippen LogP contribution in [0.4, 0.5) is 17.1 Å². The predicted octanol–water partition coefficient (Wildman–Crippen LogP) is 3.69. The Morgan fingerprint density at radius 2 is 1.45 bits per heavy atom. The molecule has 7 nitrogen and oxygen atoms in total. The van der Waals surface area contributed by atoms with Crippen molar-refractivity contribution < 1.29 is 22.6 Å². The van der Waals surface area contributed by atoms with E-state index in [-0.39, 0.29) is 27.9 Å². The molecule has 9 heteroatoms. The van der Waals surface area contributed by atoms with Crippen LogP contribution < -0.4 is 11.1 Å². The van der Waals surface area contributed by atoms with Crippen LogP contribution >= 0.6 is 11.6 Å². The van der Waals surface area contributed by atoms with E-state index in [1.54, 1.807) is 36.4 Å². The van der Waals surface area contributed by atoms with E-state index in [1.807, 2.05) is 0 Å². The molecule has 0 radical (unpaired) electrons. The van der Waals surface area contributed by atoms with Gasteiger partial charge < -0.3 is 11.1 Å². The van der Waals surface area contributed by atoms with Gasteiger partial charge in [-0.3, -0.25) is 14.1 Å². The summed E-state index contributed by atoms with van der Waals surface area (Å²) in [5.41, 5.74) is 5.93. The van der Waals surface area contributed by atoms with Crippen LogP contribution in [0.15, 0.2) is 59.5 Å². The number of nitrogens with two attached hydrogens (primary N) is 1. The van der Waals surface area contributed by atoms with E-state index in [0.29, 0.717) is 10.7 Å². The van der Waals surface area contributed by atoms with Gasteiger partial charge in [-0.15, -0.1) is 0 Å². The van der Waals surface area contributed by atoms with Crippen LogP contribution in [0.1, 0.15) is 31.8 Å². The number of hydrogen-bond donors (Lipinski definition) is 3. The molecule has 0 heterocycles. The Kier molecular flexibility index (Phi) is 4.42. The molecule has 4 rings (SSSR count). The maximum Gasteiger partial charge on any atom is 0.296 e. The van der Waals surface area contributed by atoms with Gasteiger partial charge in [-0.2, -0.15) is 8.42 Å². The second-order valence-corrected chi connectivity index (χ2v) is 8.22. The first kappa shape index (κ1) is 19.1. The molecule has 0 unspecified atom stereocenters. The van der Waals surface area contributed by atoms with Crippen molar-refractivity contribution in [2.24, 2.45) is 0 Å². The number of halogens is 1. The number of hydrogen-bond acceptors (Lipinski definition) is 6. The second kappa shape index (κ2) is 6.70. The van der Waals surface area contributed by atoms with Crippen molar-refractivity contribution >= 4 is 50.3 Å². The highest BCUT2D eigenvalue weighted by Crippen LogP contribution is 2.40. The van der Waals surface area contributed by atoms with Gasteiger partial charge in [0, 0.05) is 21.8 Å². The van der Waals surface area contributed by atoms with Crippen molar-refractivity contribution in [3.8, 4) is 0 Å². The number of rotatable bonds is 3. The zero-order valence-electron chi connectivity index (χ0n) is 14.6. The quantitative estimate of drug-likeness (QED) is 0.335. The molecule has 0 spiro atoms. The molecular formula is C20H13ClN2O5S. The average molecular weight is 429 g/mol. The van der Waals surface area contributed by atoms with E-state index in [2.05, 4.69) is 5.32 Å². The van der Waals surface area contributed by atoms with E-state index >= 15 is 0 Å². The first-order valence-corrected chi connectivity index (χ1v) is 10.2. The molecule has 4 N–H and O–H groups in total. The highest BCUT2D eigenvalue weighted by atomic mass is 35.5. The van der Waals surface area contributed by atoms with Crippen LogP contribution in [0.25, 0.3) is 0 Å². The summed E-state index contributed by atoms with van der Waals surface area (Å²) in [5.74, 6) is -1.09. The van der Waals surface area contributed by atoms with Crippen molar-refractivity contribution in [2.75, 3.05) is 11.1 Å². The fourth-order valence-corrected chi connectivity index (χ4v) is 4.07. The van der Waals surface area contributed by atoms with Gasteiger partial charge in [0.1, 0.15) is 4.90 Å². The number of ketones is 2. The Balaban J connectivity index is 2.02. The zero-order valence-corrected chi connectivity index (χ0v) is 16.2. The summed E-state index contributed by atoms with van der Waals surface area (Å²) in [6.45, 7) is 0. The summed E-state index contributed by atoms with van der Waals surface area (Å²) in [5, 5.41) is 3.40. The van der Waals surface area contributed by atoms with Crippen LogP contribution in [0, 0.1) is 0 Å². The average Bonchev–Trinajstić information content (AvgIpc) is 2.68. The highest BCUT2D eigenvalue weighted by molar-refractivity contribution is 7.86. The van der Waals surface area contributed by atoms with Crippen LogP contribution in [-0.4, -0.2) is 24.5 Å². The SMILES string of the molecule is Nc1c(S(=O)(=O)O)cc(Nc2ccc(Cl)cc2)c2c1C(=O)c1ccccc1C2=O. The van der Waals surface area contributed by atoms with Gasteiger partial charge in [0.15, 0.2) is 11.6 Å². The Labute approximate surface area is 170 Å². The normalized spacial score (nSPS) is 13.0. The Bertz CT molecular complexity index is 1300. The molecule has 3 aromatic rings. The van der Waals surface area contributed by atoms with E-state index in [9.17, 15) is 22.6 Å². The summed E-state index contributed by atoms with van der Waals surface area (Å²) in [7, 11) is -4.76.